The van der Waals surface area contributed by atoms with E-state index in [0.29, 0.717) is 6.42 Å². The van der Waals surface area contributed by atoms with Crippen molar-refractivity contribution < 1.29 is 19.4 Å². The van der Waals surface area contributed by atoms with Gasteiger partial charge in [-0.25, -0.2) is 0 Å². The van der Waals surface area contributed by atoms with Gasteiger partial charge in [-0.05, 0) is 30.4 Å². The molecule has 1 aliphatic rings. The van der Waals surface area contributed by atoms with E-state index in [1.165, 1.54) is 0 Å². The predicted molar refractivity (Wildman–Crippen MR) is 60.2 cm³/mol. The van der Waals surface area contributed by atoms with E-state index in [0.717, 1.165) is 22.1 Å². The fourth-order valence-electron chi connectivity index (χ4n) is 1.38. The van der Waals surface area contributed by atoms with Crippen LogP contribution in [0.25, 0.3) is 0 Å². The van der Waals surface area contributed by atoms with Crippen molar-refractivity contribution in [2.24, 2.45) is 0 Å². The van der Waals surface area contributed by atoms with Gasteiger partial charge in [0.05, 0.1) is 0 Å². The number of fused-ring (bicyclic) bond motifs is 1. The molecule has 1 aromatic rings. The summed E-state index contributed by atoms with van der Waals surface area (Å²) in [6.07, 6.45) is 0.895. The molecule has 1 N–H and O–H groups in total. The Bertz CT molecular complexity index is 392. The van der Waals surface area contributed by atoms with E-state index in [1.54, 1.807) is 11.8 Å². The average molecular weight is 240 g/mol. The molecule has 0 aromatic heterocycles. The number of thioether (sulfide) groups is 1. The number of benzene rings is 1. The Labute approximate surface area is 97.6 Å². The van der Waals surface area contributed by atoms with E-state index >= 15 is 0 Å². The highest BCUT2D eigenvalue weighted by Gasteiger charge is 2.13. The monoisotopic (exact) mass is 240 g/mol. The molecule has 0 atom stereocenters. The van der Waals surface area contributed by atoms with Crippen LogP contribution in [-0.4, -0.2) is 23.6 Å². The van der Waals surface area contributed by atoms with Crippen LogP contribution in [0.4, 0.5) is 0 Å². The van der Waals surface area contributed by atoms with Gasteiger partial charge in [-0.15, -0.1) is 11.8 Å². The summed E-state index contributed by atoms with van der Waals surface area (Å²) in [5.41, 5.74) is 0. The van der Waals surface area contributed by atoms with Gasteiger partial charge in [-0.2, -0.15) is 0 Å². The highest BCUT2D eigenvalue weighted by Crippen LogP contribution is 2.35. The van der Waals surface area contributed by atoms with E-state index in [-0.39, 0.29) is 13.2 Å². The minimum atomic E-state index is -0.744. The summed E-state index contributed by atoms with van der Waals surface area (Å²) in [6, 6.07) is 5.76. The molecule has 1 aromatic carbocycles. The van der Waals surface area contributed by atoms with Crippen LogP contribution in [0.3, 0.4) is 0 Å². The second-order valence-electron chi connectivity index (χ2n) is 3.36. The molecule has 5 heteroatoms. The molecule has 1 aliphatic heterocycles. The number of ether oxygens (including phenoxy) is 2. The number of aliphatic carboxylic acids is 1. The molecule has 0 fully saturated rings. The van der Waals surface area contributed by atoms with Gasteiger partial charge in [0.2, 0.25) is 6.79 Å². The van der Waals surface area contributed by atoms with Gasteiger partial charge in [-0.3, -0.25) is 4.79 Å². The molecule has 0 aliphatic carbocycles. The summed E-state index contributed by atoms with van der Waals surface area (Å²) in [6.45, 7) is 0.280. The van der Waals surface area contributed by atoms with Crippen molar-refractivity contribution >= 4 is 17.7 Å². The molecule has 0 bridgehead atoms. The fraction of sp³-hybridized carbons (Fsp3) is 0.364. The normalized spacial score (nSPS) is 12.8. The second-order valence-corrected chi connectivity index (χ2v) is 4.53. The number of hydrogen-bond acceptors (Lipinski definition) is 4. The minimum absolute atomic E-state index is 0.220. The van der Waals surface area contributed by atoms with Crippen molar-refractivity contribution in [1.29, 1.82) is 0 Å². The Balaban J connectivity index is 1.83. The first-order valence-electron chi connectivity index (χ1n) is 5.00. The van der Waals surface area contributed by atoms with Crippen molar-refractivity contribution in [3.8, 4) is 11.5 Å². The number of rotatable bonds is 5. The number of carboxylic acids is 1. The van der Waals surface area contributed by atoms with Crippen molar-refractivity contribution in [3.63, 3.8) is 0 Å². The molecule has 16 heavy (non-hydrogen) atoms. The van der Waals surface area contributed by atoms with E-state index in [4.69, 9.17) is 14.6 Å². The molecule has 2 rings (SSSR count). The van der Waals surface area contributed by atoms with E-state index in [2.05, 4.69) is 0 Å². The van der Waals surface area contributed by atoms with Crippen molar-refractivity contribution in [2.75, 3.05) is 12.5 Å². The van der Waals surface area contributed by atoms with Crippen molar-refractivity contribution in [1.82, 2.24) is 0 Å². The summed E-state index contributed by atoms with van der Waals surface area (Å²) >= 11 is 1.63. The summed E-state index contributed by atoms with van der Waals surface area (Å²) in [7, 11) is 0. The lowest BCUT2D eigenvalue weighted by Gasteiger charge is -2.02. The maximum Gasteiger partial charge on any atom is 0.303 e. The molecular formula is C11H12O4S. The summed E-state index contributed by atoms with van der Waals surface area (Å²) in [4.78, 5) is 11.4. The third-order valence-corrected chi connectivity index (χ3v) is 3.23. The molecule has 0 saturated heterocycles. The molecule has 0 spiro atoms. The Morgan fingerprint density at radius 1 is 1.38 bits per heavy atom. The zero-order valence-corrected chi connectivity index (χ0v) is 9.46. The molecular weight excluding hydrogens is 228 g/mol. The van der Waals surface area contributed by atoms with E-state index < -0.39 is 5.97 Å². The van der Waals surface area contributed by atoms with Gasteiger partial charge < -0.3 is 14.6 Å². The van der Waals surface area contributed by atoms with Crippen LogP contribution < -0.4 is 9.47 Å². The lowest BCUT2D eigenvalue weighted by atomic mass is 10.3. The highest BCUT2D eigenvalue weighted by molar-refractivity contribution is 7.99. The smallest absolute Gasteiger partial charge is 0.303 e. The first kappa shape index (κ1) is 11.1. The number of hydrogen-bond donors (Lipinski definition) is 1. The van der Waals surface area contributed by atoms with Gasteiger partial charge in [-0.1, -0.05) is 0 Å². The third-order valence-electron chi connectivity index (χ3n) is 2.15. The van der Waals surface area contributed by atoms with E-state index in [9.17, 15) is 4.79 Å². The molecule has 0 radical (unpaired) electrons. The summed E-state index contributed by atoms with van der Waals surface area (Å²) in [5, 5.41) is 8.49. The summed E-state index contributed by atoms with van der Waals surface area (Å²) < 4.78 is 10.5. The maximum absolute atomic E-state index is 10.3. The topological polar surface area (TPSA) is 55.8 Å². The standard InChI is InChI=1S/C11H12O4S/c12-11(13)2-1-5-16-8-3-4-9-10(6-8)15-7-14-9/h3-4,6H,1-2,5,7H2,(H,12,13). The number of carbonyl (C=O) groups is 1. The molecule has 1 heterocycles. The third kappa shape index (κ3) is 2.82. The van der Waals surface area contributed by atoms with Crippen molar-refractivity contribution in [3.05, 3.63) is 18.2 Å². The fourth-order valence-corrected chi connectivity index (χ4v) is 2.26. The first-order chi connectivity index (χ1) is 7.75. The molecule has 0 saturated carbocycles. The maximum atomic E-state index is 10.3. The quantitative estimate of drug-likeness (QED) is 0.632. The van der Waals surface area contributed by atoms with Crippen LogP contribution in [-0.2, 0) is 4.79 Å². The lowest BCUT2D eigenvalue weighted by molar-refractivity contribution is -0.137. The van der Waals surface area contributed by atoms with Crippen LogP contribution in [0.15, 0.2) is 23.1 Å². The Hall–Kier alpha value is -1.36. The van der Waals surface area contributed by atoms with Crippen LogP contribution >= 0.6 is 11.8 Å². The second kappa shape index (κ2) is 5.12. The Morgan fingerprint density at radius 2 is 2.19 bits per heavy atom. The zero-order chi connectivity index (χ0) is 11.4. The van der Waals surface area contributed by atoms with Gasteiger partial charge in [0.25, 0.3) is 0 Å². The minimum Gasteiger partial charge on any atom is -0.481 e. The van der Waals surface area contributed by atoms with Gasteiger partial charge in [0, 0.05) is 11.3 Å². The van der Waals surface area contributed by atoms with Crippen LogP contribution in [0, 0.1) is 0 Å². The first-order valence-corrected chi connectivity index (χ1v) is 5.98. The predicted octanol–water partition coefficient (Wildman–Crippen LogP) is 2.37. The van der Waals surface area contributed by atoms with Crippen LogP contribution in [0.2, 0.25) is 0 Å². The number of carboxylic acid groups (broad SMARTS) is 1. The summed E-state index contributed by atoms with van der Waals surface area (Å²) in [5.74, 6) is 1.59. The Kier molecular flexibility index (Phi) is 3.56. The van der Waals surface area contributed by atoms with E-state index in [1.807, 2.05) is 18.2 Å². The average Bonchev–Trinajstić information content (AvgIpc) is 2.71. The largest absolute Gasteiger partial charge is 0.481 e. The van der Waals surface area contributed by atoms with Gasteiger partial charge >= 0.3 is 5.97 Å². The van der Waals surface area contributed by atoms with Crippen molar-refractivity contribution in [2.45, 2.75) is 17.7 Å². The molecule has 0 amide bonds. The molecule has 4 nitrogen and oxygen atoms in total. The Morgan fingerprint density at radius 3 is 3.00 bits per heavy atom. The molecule has 86 valence electrons. The lowest BCUT2D eigenvalue weighted by Crippen LogP contribution is -1.94. The van der Waals surface area contributed by atoms with Crippen LogP contribution in [0.1, 0.15) is 12.8 Å². The zero-order valence-electron chi connectivity index (χ0n) is 8.64. The molecule has 0 unspecified atom stereocenters. The van der Waals surface area contributed by atoms with Gasteiger partial charge in [0.1, 0.15) is 0 Å². The van der Waals surface area contributed by atoms with Gasteiger partial charge in [0.15, 0.2) is 11.5 Å². The highest BCUT2D eigenvalue weighted by atomic mass is 32.2. The van der Waals surface area contributed by atoms with Crippen LogP contribution in [0.5, 0.6) is 11.5 Å². The SMILES string of the molecule is O=C(O)CCCSc1ccc2c(c1)OCO2.